The molecule has 0 saturated carbocycles. The smallest absolute Gasteiger partial charge is 0.245 e. The van der Waals surface area contributed by atoms with Crippen molar-refractivity contribution < 1.29 is 13.5 Å². The van der Waals surface area contributed by atoms with Crippen LogP contribution in [0.1, 0.15) is 25.1 Å². The van der Waals surface area contributed by atoms with E-state index in [0.717, 1.165) is 19.5 Å². The monoisotopic (exact) mass is 396 g/mol. The number of sulfonamides is 1. The summed E-state index contributed by atoms with van der Waals surface area (Å²) in [5.41, 5.74) is 0. The van der Waals surface area contributed by atoms with Crippen LogP contribution in [0.5, 0.6) is 0 Å². The molecule has 1 aromatic rings. The molecular formula is C13H21BrN2O3S2. The van der Waals surface area contributed by atoms with Gasteiger partial charge in [0.15, 0.2) is 0 Å². The molecular weight excluding hydrogens is 376 g/mol. The lowest BCUT2D eigenvalue weighted by molar-refractivity contribution is 0.224. The molecule has 1 atom stereocenters. The molecule has 1 unspecified atom stereocenters. The highest BCUT2D eigenvalue weighted by Gasteiger charge is 2.36. The Hall–Kier alpha value is 0.01000. The molecule has 1 aliphatic rings. The van der Waals surface area contributed by atoms with E-state index >= 15 is 0 Å². The molecule has 8 heteroatoms. The summed E-state index contributed by atoms with van der Waals surface area (Å²) >= 11 is 4.57. The lowest BCUT2D eigenvalue weighted by Crippen LogP contribution is -2.38. The molecule has 0 radical (unpaired) electrons. The van der Waals surface area contributed by atoms with Crippen LogP contribution in [-0.4, -0.2) is 55.0 Å². The number of thiophene rings is 1. The molecule has 0 aliphatic carbocycles. The summed E-state index contributed by atoms with van der Waals surface area (Å²) in [4.78, 5) is 3.23. The minimum Gasteiger partial charge on any atom is -0.391 e. The minimum absolute atomic E-state index is 0.138. The van der Waals surface area contributed by atoms with Crippen LogP contribution in [0.15, 0.2) is 14.7 Å². The molecule has 1 fully saturated rings. The summed E-state index contributed by atoms with van der Waals surface area (Å²) in [5, 5.41) is 9.16. The molecule has 1 aliphatic heterocycles. The lowest BCUT2D eigenvalue weighted by Gasteiger charge is -2.26. The summed E-state index contributed by atoms with van der Waals surface area (Å²) < 4.78 is 27.6. The van der Waals surface area contributed by atoms with Crippen LogP contribution < -0.4 is 0 Å². The second-order valence-corrected chi connectivity index (χ2v) is 9.40. The number of hydrogen-bond acceptors (Lipinski definition) is 5. The van der Waals surface area contributed by atoms with E-state index in [9.17, 15) is 8.42 Å². The first kappa shape index (κ1) is 17.4. The highest BCUT2D eigenvalue weighted by Crippen LogP contribution is 2.35. The van der Waals surface area contributed by atoms with Crippen LogP contribution in [0.4, 0.5) is 0 Å². The van der Waals surface area contributed by atoms with Gasteiger partial charge >= 0.3 is 0 Å². The van der Waals surface area contributed by atoms with E-state index in [1.54, 1.807) is 10.4 Å². The first-order chi connectivity index (χ1) is 9.93. The second-order valence-electron chi connectivity index (χ2n) is 5.04. The van der Waals surface area contributed by atoms with E-state index in [0.29, 0.717) is 27.8 Å². The molecule has 21 heavy (non-hydrogen) atoms. The van der Waals surface area contributed by atoms with Crippen LogP contribution in [0.25, 0.3) is 0 Å². The fourth-order valence-corrected chi connectivity index (χ4v) is 6.74. The summed E-state index contributed by atoms with van der Waals surface area (Å²) in [6, 6.07) is 1.86. The molecule has 0 amide bonds. The predicted molar refractivity (Wildman–Crippen MR) is 88.0 cm³/mol. The average Bonchev–Trinajstić information content (AvgIpc) is 3.07. The summed E-state index contributed by atoms with van der Waals surface area (Å²) in [6.45, 7) is 7.03. The van der Waals surface area contributed by atoms with Gasteiger partial charge in [-0.3, -0.25) is 4.90 Å². The Morgan fingerprint density at radius 3 is 2.67 bits per heavy atom. The number of rotatable bonds is 6. The highest BCUT2D eigenvalue weighted by atomic mass is 79.9. The number of likely N-dealkylation sites (N-methyl/N-ethyl adjacent to an activating group) is 1. The van der Waals surface area contributed by atoms with Crippen molar-refractivity contribution in [2.24, 2.45) is 0 Å². The number of halogens is 1. The summed E-state index contributed by atoms with van der Waals surface area (Å²) in [7, 11) is -3.48. The molecule has 0 bridgehead atoms. The van der Waals surface area contributed by atoms with Gasteiger partial charge in [0, 0.05) is 24.0 Å². The Bertz CT molecular complexity index is 584. The van der Waals surface area contributed by atoms with Crippen molar-refractivity contribution in [1.29, 1.82) is 0 Å². The molecule has 2 heterocycles. The lowest BCUT2D eigenvalue weighted by atomic mass is 10.2. The van der Waals surface area contributed by atoms with Gasteiger partial charge in [0.1, 0.15) is 4.90 Å². The van der Waals surface area contributed by atoms with Crippen LogP contribution in [-0.2, 0) is 16.6 Å². The SMILES string of the molecule is CCN(CC)C1CCN(S(=O)(=O)c2cc(CO)sc2Br)C1. The maximum Gasteiger partial charge on any atom is 0.245 e. The van der Waals surface area contributed by atoms with Crippen LogP contribution in [0, 0.1) is 0 Å². The van der Waals surface area contributed by atoms with Gasteiger partial charge in [0.2, 0.25) is 10.0 Å². The first-order valence-corrected chi connectivity index (χ1v) is 10.1. The molecule has 1 saturated heterocycles. The molecule has 2 rings (SSSR count). The van der Waals surface area contributed by atoms with E-state index < -0.39 is 10.0 Å². The maximum atomic E-state index is 12.7. The number of nitrogens with zero attached hydrogens (tertiary/aromatic N) is 2. The van der Waals surface area contributed by atoms with Crippen molar-refractivity contribution in [1.82, 2.24) is 9.21 Å². The Morgan fingerprint density at radius 1 is 1.48 bits per heavy atom. The first-order valence-electron chi connectivity index (χ1n) is 7.07. The molecule has 0 aromatic carbocycles. The summed E-state index contributed by atoms with van der Waals surface area (Å²) in [6.07, 6.45) is 0.871. The van der Waals surface area contributed by atoms with Gasteiger partial charge in [0.05, 0.1) is 10.4 Å². The average molecular weight is 397 g/mol. The van der Waals surface area contributed by atoms with Crippen molar-refractivity contribution in [2.45, 2.75) is 37.8 Å². The third-order valence-corrected chi connectivity index (χ3v) is 8.04. The van der Waals surface area contributed by atoms with Gasteiger partial charge in [-0.25, -0.2) is 8.42 Å². The number of hydrogen-bond donors (Lipinski definition) is 1. The zero-order chi connectivity index (χ0) is 15.6. The minimum atomic E-state index is -3.48. The van der Waals surface area contributed by atoms with E-state index in [-0.39, 0.29) is 11.5 Å². The normalized spacial score (nSPS) is 20.5. The van der Waals surface area contributed by atoms with Gasteiger partial charge in [-0.15, -0.1) is 11.3 Å². The van der Waals surface area contributed by atoms with Crippen molar-refractivity contribution in [2.75, 3.05) is 26.2 Å². The predicted octanol–water partition coefficient (Wildman–Crippen LogP) is 2.11. The van der Waals surface area contributed by atoms with Gasteiger partial charge in [0.25, 0.3) is 0 Å². The zero-order valence-electron chi connectivity index (χ0n) is 12.2. The van der Waals surface area contributed by atoms with Crippen molar-refractivity contribution >= 4 is 37.3 Å². The van der Waals surface area contributed by atoms with Crippen LogP contribution in [0.3, 0.4) is 0 Å². The van der Waals surface area contributed by atoms with Crippen molar-refractivity contribution in [3.8, 4) is 0 Å². The molecule has 120 valence electrons. The van der Waals surface area contributed by atoms with Crippen molar-refractivity contribution in [3.63, 3.8) is 0 Å². The highest BCUT2D eigenvalue weighted by molar-refractivity contribution is 9.11. The van der Waals surface area contributed by atoms with Crippen LogP contribution >= 0.6 is 27.3 Å². The second kappa shape index (κ2) is 7.06. The molecule has 0 spiro atoms. The van der Waals surface area contributed by atoms with Gasteiger partial charge < -0.3 is 5.11 Å². The fourth-order valence-electron chi connectivity index (χ4n) is 2.76. The Balaban J connectivity index is 2.19. The fraction of sp³-hybridized carbons (Fsp3) is 0.692. The Kier molecular flexibility index (Phi) is 5.84. The topological polar surface area (TPSA) is 60.9 Å². The van der Waals surface area contributed by atoms with Gasteiger partial charge in [-0.05, 0) is 41.5 Å². The quantitative estimate of drug-likeness (QED) is 0.799. The van der Waals surface area contributed by atoms with Gasteiger partial charge in [-0.2, -0.15) is 4.31 Å². The molecule has 5 nitrogen and oxygen atoms in total. The summed E-state index contributed by atoms with van der Waals surface area (Å²) in [5.74, 6) is 0. The van der Waals surface area contributed by atoms with Crippen LogP contribution in [0.2, 0.25) is 0 Å². The van der Waals surface area contributed by atoms with Gasteiger partial charge in [-0.1, -0.05) is 13.8 Å². The van der Waals surface area contributed by atoms with E-state index in [2.05, 4.69) is 34.7 Å². The third kappa shape index (κ3) is 3.51. The van der Waals surface area contributed by atoms with E-state index in [1.165, 1.54) is 11.3 Å². The van der Waals surface area contributed by atoms with Crippen molar-refractivity contribution in [3.05, 3.63) is 14.7 Å². The Labute approximate surface area is 138 Å². The Morgan fingerprint density at radius 2 is 2.14 bits per heavy atom. The largest absolute Gasteiger partial charge is 0.391 e. The molecule has 1 N–H and O–H groups in total. The number of aliphatic hydroxyl groups excluding tert-OH is 1. The maximum absolute atomic E-state index is 12.7. The van der Waals surface area contributed by atoms with E-state index in [1.807, 2.05) is 0 Å². The standard InChI is InChI=1S/C13H21BrN2O3S2/c1-3-15(4-2)10-5-6-16(8-10)21(18,19)12-7-11(9-17)20-13(12)14/h7,10,17H,3-6,8-9H2,1-2H3. The third-order valence-electron chi connectivity index (χ3n) is 3.94. The molecule has 1 aromatic heterocycles. The number of aliphatic hydroxyl groups is 1. The zero-order valence-corrected chi connectivity index (χ0v) is 15.5. The van der Waals surface area contributed by atoms with E-state index in [4.69, 9.17) is 5.11 Å².